The van der Waals surface area contributed by atoms with E-state index in [9.17, 15) is 23.9 Å². The van der Waals surface area contributed by atoms with E-state index in [1.54, 1.807) is 31.2 Å². The molecule has 11 heteroatoms. The number of benzene rings is 2. The summed E-state index contributed by atoms with van der Waals surface area (Å²) in [6, 6.07) is 10.5. The van der Waals surface area contributed by atoms with Crippen LogP contribution in [0.5, 0.6) is 0 Å². The number of ether oxygens (including phenoxy) is 1. The van der Waals surface area contributed by atoms with Crippen LogP contribution >= 0.6 is 0 Å². The van der Waals surface area contributed by atoms with Crippen molar-refractivity contribution in [1.29, 1.82) is 0 Å². The fraction of sp³-hybridized carbons (Fsp3) is 0.321. The van der Waals surface area contributed by atoms with Gasteiger partial charge in [-0.15, -0.1) is 0 Å². The summed E-state index contributed by atoms with van der Waals surface area (Å²) in [4.78, 5) is 48.5. The highest BCUT2D eigenvalue weighted by Gasteiger charge is 2.27. The van der Waals surface area contributed by atoms with Crippen LogP contribution in [0, 0.1) is 12.7 Å². The van der Waals surface area contributed by atoms with E-state index in [0.29, 0.717) is 44.7 Å². The number of nitrogens with one attached hydrogen (secondary N) is 2. The van der Waals surface area contributed by atoms with Crippen LogP contribution in [-0.2, 0) is 17.7 Å². The van der Waals surface area contributed by atoms with Crippen LogP contribution in [0.15, 0.2) is 42.5 Å². The molecule has 2 aliphatic rings. The second-order valence-corrected chi connectivity index (χ2v) is 9.59. The highest BCUT2D eigenvalue weighted by molar-refractivity contribution is 5.98. The summed E-state index contributed by atoms with van der Waals surface area (Å²) >= 11 is 0. The van der Waals surface area contributed by atoms with Crippen LogP contribution in [0.1, 0.15) is 66.1 Å². The van der Waals surface area contributed by atoms with Crippen LogP contribution in [0.2, 0.25) is 0 Å². The third-order valence-corrected chi connectivity index (χ3v) is 6.92. The van der Waals surface area contributed by atoms with Gasteiger partial charge < -0.3 is 25.4 Å². The molecule has 0 saturated carbocycles. The van der Waals surface area contributed by atoms with Gasteiger partial charge in [0, 0.05) is 25.7 Å². The van der Waals surface area contributed by atoms with Gasteiger partial charge in [-0.2, -0.15) is 0 Å². The summed E-state index contributed by atoms with van der Waals surface area (Å²) in [7, 11) is 0. The summed E-state index contributed by atoms with van der Waals surface area (Å²) in [6.45, 7) is 3.80. The molecule has 3 aromatic rings. The first-order chi connectivity index (χ1) is 18.8. The zero-order valence-corrected chi connectivity index (χ0v) is 21.4. The molecular weight excluding hydrogens is 505 g/mol. The number of halogens is 1. The van der Waals surface area contributed by atoms with Gasteiger partial charge in [0.1, 0.15) is 17.2 Å². The van der Waals surface area contributed by atoms with E-state index in [2.05, 4.69) is 20.6 Å². The normalized spacial score (nSPS) is 16.5. The van der Waals surface area contributed by atoms with Crippen molar-refractivity contribution in [3.05, 3.63) is 87.5 Å². The van der Waals surface area contributed by atoms with Crippen molar-refractivity contribution in [3.63, 3.8) is 0 Å². The first-order valence-electron chi connectivity index (χ1n) is 12.7. The van der Waals surface area contributed by atoms with Gasteiger partial charge in [-0.1, -0.05) is 18.2 Å². The molecule has 1 fully saturated rings. The number of rotatable bonds is 7. The third-order valence-electron chi connectivity index (χ3n) is 6.92. The molecule has 5 rings (SSSR count). The second kappa shape index (κ2) is 11.2. The predicted molar refractivity (Wildman–Crippen MR) is 139 cm³/mol. The Morgan fingerprint density at radius 1 is 1.05 bits per heavy atom. The van der Waals surface area contributed by atoms with Gasteiger partial charge in [0.25, 0.3) is 11.8 Å². The lowest BCUT2D eigenvalue weighted by atomic mass is 10.0. The summed E-state index contributed by atoms with van der Waals surface area (Å²) < 4.78 is 19.0. The van der Waals surface area contributed by atoms with Crippen molar-refractivity contribution < 1.29 is 28.6 Å². The van der Waals surface area contributed by atoms with Gasteiger partial charge >= 0.3 is 5.97 Å². The van der Waals surface area contributed by atoms with Crippen LogP contribution in [0.25, 0.3) is 0 Å². The molecule has 10 nitrogen and oxygen atoms in total. The van der Waals surface area contributed by atoms with Gasteiger partial charge in [-0.05, 0) is 60.2 Å². The van der Waals surface area contributed by atoms with Gasteiger partial charge in [0.2, 0.25) is 5.95 Å². The molecule has 3 N–H and O–H groups in total. The van der Waals surface area contributed by atoms with Crippen molar-refractivity contribution in [1.82, 2.24) is 20.6 Å². The molecule has 2 heterocycles. The largest absolute Gasteiger partial charge is 0.478 e. The number of fused-ring (bicyclic) bond motifs is 1. The topological polar surface area (TPSA) is 134 Å². The van der Waals surface area contributed by atoms with Gasteiger partial charge in [-0.3, -0.25) is 9.59 Å². The number of carbonyl (C=O) groups is 3. The number of anilines is 1. The van der Waals surface area contributed by atoms with E-state index < -0.39 is 17.8 Å². The summed E-state index contributed by atoms with van der Waals surface area (Å²) in [5.41, 5.74) is 3.24. The number of amides is 2. The first kappa shape index (κ1) is 26.2. The average molecular weight is 534 g/mol. The maximum Gasteiger partial charge on any atom is 0.335 e. The lowest BCUT2D eigenvalue weighted by Gasteiger charge is -2.27. The van der Waals surface area contributed by atoms with E-state index in [-0.39, 0.29) is 41.3 Å². The zero-order valence-electron chi connectivity index (χ0n) is 21.4. The summed E-state index contributed by atoms with van der Waals surface area (Å²) in [5, 5.41) is 15.0. The van der Waals surface area contributed by atoms with Crippen LogP contribution in [0.4, 0.5) is 10.3 Å². The van der Waals surface area contributed by atoms with Crippen molar-refractivity contribution in [2.45, 2.75) is 32.4 Å². The molecule has 2 aromatic carbocycles. The minimum absolute atomic E-state index is 0.0356. The number of aromatic carboxylic acids is 1. The Labute approximate surface area is 224 Å². The number of carbonyl (C=O) groups excluding carboxylic acids is 2. The molecular formula is C28H28FN5O5. The number of carboxylic acid groups (broad SMARTS) is 1. The summed E-state index contributed by atoms with van der Waals surface area (Å²) in [5.74, 6) is -2.02. The van der Waals surface area contributed by atoms with E-state index in [1.165, 1.54) is 18.2 Å². The van der Waals surface area contributed by atoms with Crippen molar-refractivity contribution in [2.75, 3.05) is 31.2 Å². The number of carboxylic acids is 1. The molecule has 2 amide bonds. The van der Waals surface area contributed by atoms with Crippen LogP contribution < -0.4 is 15.5 Å². The predicted octanol–water partition coefficient (Wildman–Crippen LogP) is 2.81. The zero-order chi connectivity index (χ0) is 27.5. The molecule has 0 bridgehead atoms. The minimum Gasteiger partial charge on any atom is -0.478 e. The SMILES string of the molecule is Cc1cc(CNC(=O)c2cc(C(=O)N[C@H]3CCc4cc(C(=O)O)ccc43)nc(N3CCOCC3)n2)ccc1F. The highest BCUT2D eigenvalue weighted by atomic mass is 19.1. The standard InChI is InChI=1S/C28H28FN5O5/c1-16-12-17(2-6-21(16)29)15-30-25(35)23-14-24(33-28(32-23)34-8-10-39-11-9-34)26(36)31-22-7-4-18-13-19(27(37)38)3-5-20(18)22/h2-3,5-6,12-14,22H,4,7-11,15H2,1H3,(H,30,35)(H,31,36)(H,37,38)/t22-/m0/s1. The van der Waals surface area contributed by atoms with Crippen LogP contribution in [0.3, 0.4) is 0 Å². The second-order valence-electron chi connectivity index (χ2n) is 9.59. The Morgan fingerprint density at radius 2 is 1.79 bits per heavy atom. The number of morpholine rings is 1. The fourth-order valence-electron chi connectivity index (χ4n) is 4.79. The number of hydrogen-bond donors (Lipinski definition) is 3. The molecule has 1 atom stereocenters. The van der Waals surface area contributed by atoms with Gasteiger partial charge in [0.15, 0.2) is 0 Å². The monoisotopic (exact) mass is 533 g/mol. The molecule has 1 saturated heterocycles. The first-order valence-corrected chi connectivity index (χ1v) is 12.7. The molecule has 202 valence electrons. The lowest BCUT2D eigenvalue weighted by molar-refractivity contribution is 0.0696. The number of nitrogens with zero attached hydrogens (tertiary/aromatic N) is 3. The summed E-state index contributed by atoms with van der Waals surface area (Å²) in [6.07, 6.45) is 1.26. The number of aryl methyl sites for hydroxylation is 2. The van der Waals surface area contributed by atoms with Crippen molar-refractivity contribution in [2.24, 2.45) is 0 Å². The maximum absolute atomic E-state index is 13.6. The Balaban J connectivity index is 1.37. The average Bonchev–Trinajstić information content (AvgIpc) is 3.35. The van der Waals surface area contributed by atoms with E-state index in [1.807, 2.05) is 4.90 Å². The Bertz CT molecular complexity index is 1440. The Hall–Kier alpha value is -4.38. The molecule has 1 aliphatic heterocycles. The van der Waals surface area contributed by atoms with Gasteiger partial charge in [-0.25, -0.2) is 19.2 Å². The number of aromatic nitrogens is 2. The van der Waals surface area contributed by atoms with E-state index >= 15 is 0 Å². The van der Waals surface area contributed by atoms with Crippen molar-refractivity contribution >= 4 is 23.7 Å². The smallest absolute Gasteiger partial charge is 0.335 e. The quantitative estimate of drug-likeness (QED) is 0.422. The van der Waals surface area contributed by atoms with Crippen LogP contribution in [-0.4, -0.2) is 59.2 Å². The number of hydrogen-bond acceptors (Lipinski definition) is 7. The molecule has 1 aliphatic carbocycles. The molecule has 39 heavy (non-hydrogen) atoms. The molecule has 1 aromatic heterocycles. The molecule has 0 spiro atoms. The van der Waals surface area contributed by atoms with E-state index in [0.717, 1.165) is 16.7 Å². The molecule has 0 unspecified atom stereocenters. The Kier molecular flexibility index (Phi) is 7.51. The van der Waals surface area contributed by atoms with Gasteiger partial charge in [0.05, 0.1) is 24.8 Å². The lowest BCUT2D eigenvalue weighted by Crippen LogP contribution is -2.38. The molecule has 0 radical (unpaired) electrons. The third kappa shape index (κ3) is 5.88. The van der Waals surface area contributed by atoms with Crippen molar-refractivity contribution in [3.8, 4) is 0 Å². The maximum atomic E-state index is 13.6. The fourth-order valence-corrected chi connectivity index (χ4v) is 4.79. The van der Waals surface area contributed by atoms with E-state index in [4.69, 9.17) is 4.74 Å². The Morgan fingerprint density at radius 3 is 2.51 bits per heavy atom. The minimum atomic E-state index is -0.998. The highest BCUT2D eigenvalue weighted by Crippen LogP contribution is 2.32.